The summed E-state index contributed by atoms with van der Waals surface area (Å²) in [6.07, 6.45) is 1.72. The van der Waals surface area contributed by atoms with Gasteiger partial charge in [-0.05, 0) is 54.3 Å². The van der Waals surface area contributed by atoms with Gasteiger partial charge in [-0.1, -0.05) is 50.9 Å². The van der Waals surface area contributed by atoms with Crippen molar-refractivity contribution >= 4 is 40.6 Å². The largest absolute Gasteiger partial charge is 0.493 e. The highest BCUT2D eigenvalue weighted by molar-refractivity contribution is 6.60. The van der Waals surface area contributed by atoms with Crippen molar-refractivity contribution in [2.75, 3.05) is 18.1 Å². The van der Waals surface area contributed by atoms with E-state index in [4.69, 9.17) is 21.1 Å². The second-order valence-electron chi connectivity index (χ2n) is 7.90. The minimum absolute atomic E-state index is 0.134. The number of carbonyl (C=O) groups excluding carboxylic acids is 3. The van der Waals surface area contributed by atoms with Crippen molar-refractivity contribution in [2.45, 2.75) is 33.6 Å². The Morgan fingerprint density at radius 2 is 1.66 bits per heavy atom. The minimum Gasteiger partial charge on any atom is -0.493 e. The van der Waals surface area contributed by atoms with E-state index in [0.717, 1.165) is 17.7 Å². The molecule has 168 valence electrons. The fraction of sp³-hybridized carbons (Fsp3) is 0.320. The predicted molar refractivity (Wildman–Crippen MR) is 124 cm³/mol. The lowest BCUT2D eigenvalue weighted by Gasteiger charge is -2.15. The molecule has 7 heteroatoms. The maximum atomic E-state index is 13.1. The van der Waals surface area contributed by atoms with Crippen molar-refractivity contribution in [3.63, 3.8) is 0 Å². The lowest BCUT2D eigenvalue weighted by Crippen LogP contribution is -2.31. The number of anilines is 1. The smallest absolute Gasteiger partial charge is 0.338 e. The van der Waals surface area contributed by atoms with E-state index in [0.29, 0.717) is 41.7 Å². The van der Waals surface area contributed by atoms with Gasteiger partial charge >= 0.3 is 5.97 Å². The van der Waals surface area contributed by atoms with Crippen molar-refractivity contribution in [3.8, 4) is 5.75 Å². The molecule has 6 nitrogen and oxygen atoms in total. The van der Waals surface area contributed by atoms with Crippen LogP contribution >= 0.6 is 11.6 Å². The van der Waals surface area contributed by atoms with Crippen LogP contribution in [0.2, 0.25) is 0 Å². The van der Waals surface area contributed by atoms with Crippen LogP contribution in [0.1, 0.15) is 49.5 Å². The molecule has 3 rings (SSSR count). The monoisotopic (exact) mass is 455 g/mol. The lowest BCUT2D eigenvalue weighted by molar-refractivity contribution is -0.119. The molecule has 0 radical (unpaired) electrons. The Morgan fingerprint density at radius 3 is 2.25 bits per heavy atom. The molecule has 0 saturated carbocycles. The van der Waals surface area contributed by atoms with Crippen molar-refractivity contribution < 1.29 is 23.9 Å². The zero-order valence-corrected chi connectivity index (χ0v) is 19.1. The van der Waals surface area contributed by atoms with Gasteiger partial charge in [0, 0.05) is 0 Å². The predicted octanol–water partition coefficient (Wildman–Crippen LogP) is 5.20. The summed E-state index contributed by atoms with van der Waals surface area (Å²) in [5, 5.41) is -0.145. The summed E-state index contributed by atoms with van der Waals surface area (Å²) in [6, 6.07) is 13.0. The average Bonchev–Trinajstić information content (AvgIpc) is 3.01. The molecule has 0 atom stereocenters. The Labute approximate surface area is 192 Å². The van der Waals surface area contributed by atoms with Crippen LogP contribution < -0.4 is 9.64 Å². The summed E-state index contributed by atoms with van der Waals surface area (Å²) in [6.45, 7) is 7.05. The number of amides is 2. The molecule has 2 amide bonds. The molecule has 1 heterocycles. The summed E-state index contributed by atoms with van der Waals surface area (Å²) in [7, 11) is 0. The second kappa shape index (κ2) is 10.5. The van der Waals surface area contributed by atoms with Gasteiger partial charge in [0.1, 0.15) is 10.8 Å². The zero-order valence-electron chi connectivity index (χ0n) is 18.4. The van der Waals surface area contributed by atoms with Gasteiger partial charge in [0.2, 0.25) is 0 Å². The lowest BCUT2D eigenvalue weighted by atomic mass is 10.1. The summed E-state index contributed by atoms with van der Waals surface area (Å²) < 4.78 is 10.8. The SMILES string of the molecule is CCCCOC(=O)c1ccc(N2C(=O)C(Cl)=C(c3ccc(OCC(C)C)cc3)C2=O)cc1. The molecular weight excluding hydrogens is 430 g/mol. The van der Waals surface area contributed by atoms with E-state index in [9.17, 15) is 14.4 Å². The third kappa shape index (κ3) is 5.19. The molecule has 0 unspecified atom stereocenters. The van der Waals surface area contributed by atoms with Gasteiger partial charge in [-0.15, -0.1) is 0 Å². The normalized spacial score (nSPS) is 13.8. The van der Waals surface area contributed by atoms with E-state index in [1.807, 2.05) is 6.92 Å². The van der Waals surface area contributed by atoms with Crippen molar-refractivity contribution in [3.05, 3.63) is 64.7 Å². The van der Waals surface area contributed by atoms with Crippen LogP contribution in [0.15, 0.2) is 53.6 Å². The van der Waals surface area contributed by atoms with Crippen LogP contribution in [0, 0.1) is 5.92 Å². The fourth-order valence-corrected chi connectivity index (χ4v) is 3.38. The molecule has 0 fully saturated rings. The number of hydrogen-bond acceptors (Lipinski definition) is 5. The highest BCUT2D eigenvalue weighted by atomic mass is 35.5. The van der Waals surface area contributed by atoms with Crippen LogP contribution in [0.25, 0.3) is 5.57 Å². The molecule has 32 heavy (non-hydrogen) atoms. The van der Waals surface area contributed by atoms with Gasteiger partial charge in [0.05, 0.1) is 30.0 Å². The van der Waals surface area contributed by atoms with Gasteiger partial charge in [0.25, 0.3) is 11.8 Å². The van der Waals surface area contributed by atoms with E-state index < -0.39 is 17.8 Å². The molecule has 2 aromatic carbocycles. The topological polar surface area (TPSA) is 72.9 Å². The molecule has 0 bridgehead atoms. The molecule has 0 N–H and O–H groups in total. The van der Waals surface area contributed by atoms with Gasteiger partial charge < -0.3 is 9.47 Å². The summed E-state index contributed by atoms with van der Waals surface area (Å²) in [4.78, 5) is 38.9. The molecule has 0 saturated heterocycles. The van der Waals surface area contributed by atoms with Gasteiger partial charge in [-0.2, -0.15) is 0 Å². The second-order valence-corrected chi connectivity index (χ2v) is 8.28. The van der Waals surface area contributed by atoms with E-state index in [1.165, 1.54) is 24.3 Å². The number of halogens is 1. The molecule has 0 spiro atoms. The first-order valence-corrected chi connectivity index (χ1v) is 11.0. The molecule has 2 aromatic rings. The molecular formula is C25H26ClNO5. The fourth-order valence-electron chi connectivity index (χ4n) is 3.11. The van der Waals surface area contributed by atoms with Crippen LogP contribution in [0.5, 0.6) is 5.75 Å². The van der Waals surface area contributed by atoms with Crippen molar-refractivity contribution in [2.24, 2.45) is 5.92 Å². The molecule has 1 aliphatic rings. The Balaban J connectivity index is 1.75. The third-order valence-corrected chi connectivity index (χ3v) is 5.20. The summed E-state index contributed by atoms with van der Waals surface area (Å²) in [5.41, 5.74) is 1.34. The zero-order chi connectivity index (χ0) is 23.3. The summed E-state index contributed by atoms with van der Waals surface area (Å²) in [5.74, 6) is -0.506. The highest BCUT2D eigenvalue weighted by Gasteiger charge is 2.39. The number of benzene rings is 2. The van der Waals surface area contributed by atoms with Crippen LogP contribution in [-0.2, 0) is 14.3 Å². The van der Waals surface area contributed by atoms with Gasteiger partial charge in [-0.25, -0.2) is 9.69 Å². The van der Waals surface area contributed by atoms with Crippen LogP contribution in [0.3, 0.4) is 0 Å². The number of rotatable bonds is 9. The standard InChI is InChI=1S/C25H26ClNO5/c1-4-5-14-31-25(30)18-6-10-19(11-7-18)27-23(28)21(22(26)24(27)29)17-8-12-20(13-9-17)32-15-16(2)3/h6-13,16H,4-5,14-15H2,1-3H3. The Hall–Kier alpha value is -3.12. The maximum absolute atomic E-state index is 13.1. The van der Waals surface area contributed by atoms with E-state index in [2.05, 4.69) is 13.8 Å². The Bertz CT molecular complexity index is 1030. The first-order chi connectivity index (χ1) is 15.3. The molecule has 0 aromatic heterocycles. The number of nitrogens with zero attached hydrogens (tertiary/aromatic N) is 1. The Kier molecular flexibility index (Phi) is 7.70. The number of carbonyl (C=O) groups is 3. The molecule has 0 aliphatic carbocycles. The van der Waals surface area contributed by atoms with E-state index >= 15 is 0 Å². The van der Waals surface area contributed by atoms with Crippen LogP contribution in [0.4, 0.5) is 5.69 Å². The first kappa shape index (κ1) is 23.5. The number of esters is 1. The number of imide groups is 1. The third-order valence-electron chi connectivity index (χ3n) is 4.85. The van der Waals surface area contributed by atoms with Crippen molar-refractivity contribution in [1.82, 2.24) is 0 Å². The number of ether oxygens (including phenoxy) is 2. The highest BCUT2D eigenvalue weighted by Crippen LogP contribution is 2.35. The molecule has 1 aliphatic heterocycles. The van der Waals surface area contributed by atoms with E-state index in [1.54, 1.807) is 24.3 Å². The van der Waals surface area contributed by atoms with Crippen LogP contribution in [-0.4, -0.2) is 31.0 Å². The minimum atomic E-state index is -0.606. The van der Waals surface area contributed by atoms with Crippen molar-refractivity contribution in [1.29, 1.82) is 0 Å². The first-order valence-electron chi connectivity index (χ1n) is 10.6. The Morgan fingerprint density at radius 1 is 1.00 bits per heavy atom. The number of hydrogen-bond donors (Lipinski definition) is 0. The number of unbranched alkanes of at least 4 members (excludes halogenated alkanes) is 1. The van der Waals surface area contributed by atoms with Gasteiger partial charge in [0.15, 0.2) is 0 Å². The average molecular weight is 456 g/mol. The van der Waals surface area contributed by atoms with E-state index in [-0.39, 0.29) is 10.6 Å². The summed E-state index contributed by atoms with van der Waals surface area (Å²) >= 11 is 6.26. The van der Waals surface area contributed by atoms with Gasteiger partial charge in [-0.3, -0.25) is 9.59 Å². The maximum Gasteiger partial charge on any atom is 0.338 e. The quantitative estimate of drug-likeness (QED) is 0.295.